The van der Waals surface area contributed by atoms with Crippen LogP contribution in [0.4, 0.5) is 19.0 Å². The van der Waals surface area contributed by atoms with E-state index in [1.54, 1.807) is 23.0 Å². The molecular formula is C23H23F3N8O. The number of carbonyl (C=O) groups excluding carboxylic acids is 1. The van der Waals surface area contributed by atoms with Gasteiger partial charge in [0.15, 0.2) is 0 Å². The molecule has 2 N–H and O–H groups in total. The topological polar surface area (TPSA) is 116 Å². The number of hydrogen-bond donors (Lipinski definition) is 1. The number of aromatic nitrogens is 6. The second-order valence-electron chi connectivity index (χ2n) is 8.96. The first-order valence-corrected chi connectivity index (χ1v) is 11.3. The molecule has 12 heteroatoms. The Morgan fingerprint density at radius 3 is 2.54 bits per heavy atom. The molecule has 4 aromatic heterocycles. The monoisotopic (exact) mass is 484 g/mol. The van der Waals surface area contributed by atoms with Crippen LogP contribution in [0.3, 0.4) is 0 Å². The van der Waals surface area contributed by atoms with Crippen LogP contribution in [0.5, 0.6) is 0 Å². The van der Waals surface area contributed by atoms with E-state index >= 15 is 0 Å². The number of hydrogen-bond acceptors (Lipinski definition) is 7. The minimum absolute atomic E-state index is 0.00212. The van der Waals surface area contributed by atoms with E-state index in [4.69, 9.17) is 5.73 Å². The quantitative estimate of drug-likeness (QED) is 0.469. The van der Waals surface area contributed by atoms with Crippen LogP contribution < -0.4 is 5.73 Å². The molecule has 0 radical (unpaired) electrons. The maximum Gasteiger partial charge on any atom is 0.419 e. The smallest absolute Gasteiger partial charge is 0.383 e. The Balaban J connectivity index is 1.55. The molecule has 0 bridgehead atoms. The van der Waals surface area contributed by atoms with Crippen molar-refractivity contribution in [3.8, 4) is 11.3 Å². The predicted molar refractivity (Wildman–Crippen MR) is 123 cm³/mol. The van der Waals surface area contributed by atoms with Crippen molar-refractivity contribution in [2.24, 2.45) is 5.92 Å². The molecule has 0 saturated carbocycles. The fourth-order valence-corrected chi connectivity index (χ4v) is 4.44. The van der Waals surface area contributed by atoms with Crippen LogP contribution in [0.15, 0.2) is 30.6 Å². The van der Waals surface area contributed by atoms with Crippen LogP contribution in [0.25, 0.3) is 33.3 Å². The van der Waals surface area contributed by atoms with Crippen molar-refractivity contribution in [1.29, 1.82) is 0 Å². The molecular weight excluding hydrogens is 461 g/mol. The molecule has 1 aliphatic heterocycles. The average molecular weight is 484 g/mol. The highest BCUT2D eigenvalue weighted by Crippen LogP contribution is 2.35. The lowest BCUT2D eigenvalue weighted by atomic mass is 10.0. The van der Waals surface area contributed by atoms with Gasteiger partial charge in [-0.15, -0.1) is 5.10 Å². The Morgan fingerprint density at radius 1 is 1.11 bits per heavy atom. The number of nitrogen functional groups attached to an aromatic ring is 1. The van der Waals surface area contributed by atoms with E-state index in [9.17, 15) is 18.0 Å². The molecule has 1 amide bonds. The zero-order valence-corrected chi connectivity index (χ0v) is 19.1. The molecule has 9 nitrogen and oxygen atoms in total. The van der Waals surface area contributed by atoms with E-state index in [-0.39, 0.29) is 23.4 Å². The highest BCUT2D eigenvalue weighted by molar-refractivity contribution is 5.99. The summed E-state index contributed by atoms with van der Waals surface area (Å²) in [5.41, 5.74) is 7.16. The third-order valence-electron chi connectivity index (χ3n) is 6.28. The van der Waals surface area contributed by atoms with Gasteiger partial charge in [0.05, 0.1) is 29.0 Å². The SMILES string of the molecule is CC(C)C(=O)N1CCC(n2nnc3cnc4ccc(-c5cnc(N)c(C(F)(F)F)c5)nc4c32)CC1. The van der Waals surface area contributed by atoms with Crippen LogP contribution in [0, 0.1) is 5.92 Å². The second-order valence-corrected chi connectivity index (χ2v) is 8.96. The molecule has 1 fully saturated rings. The average Bonchev–Trinajstić information content (AvgIpc) is 3.27. The number of nitrogens with zero attached hydrogens (tertiary/aromatic N) is 7. The first-order valence-electron chi connectivity index (χ1n) is 11.3. The number of amides is 1. The summed E-state index contributed by atoms with van der Waals surface area (Å²) < 4.78 is 41.9. The van der Waals surface area contributed by atoms with Crippen molar-refractivity contribution in [3.05, 3.63) is 36.2 Å². The molecule has 1 saturated heterocycles. The molecule has 4 aromatic rings. The molecule has 0 spiro atoms. The summed E-state index contributed by atoms with van der Waals surface area (Å²) in [6, 6.07) is 4.24. The van der Waals surface area contributed by atoms with Crippen molar-refractivity contribution in [3.63, 3.8) is 0 Å². The zero-order chi connectivity index (χ0) is 24.9. The van der Waals surface area contributed by atoms with Gasteiger partial charge in [-0.25, -0.2) is 14.6 Å². The van der Waals surface area contributed by atoms with E-state index < -0.39 is 17.6 Å². The van der Waals surface area contributed by atoms with Crippen molar-refractivity contribution in [2.75, 3.05) is 18.8 Å². The maximum absolute atomic E-state index is 13.3. The van der Waals surface area contributed by atoms with Crippen LogP contribution >= 0.6 is 0 Å². The molecule has 5 rings (SSSR count). The molecule has 35 heavy (non-hydrogen) atoms. The summed E-state index contributed by atoms with van der Waals surface area (Å²) in [5.74, 6) is -0.518. The lowest BCUT2D eigenvalue weighted by Crippen LogP contribution is -2.41. The highest BCUT2D eigenvalue weighted by Gasteiger charge is 2.34. The second kappa shape index (κ2) is 8.43. The van der Waals surface area contributed by atoms with Crippen LogP contribution in [-0.2, 0) is 11.0 Å². The number of carbonyl (C=O) groups is 1. The molecule has 0 aliphatic carbocycles. The molecule has 0 atom stereocenters. The fourth-order valence-electron chi connectivity index (χ4n) is 4.44. The van der Waals surface area contributed by atoms with Crippen molar-refractivity contribution in [1.82, 2.24) is 34.8 Å². The van der Waals surface area contributed by atoms with Crippen molar-refractivity contribution < 1.29 is 18.0 Å². The van der Waals surface area contributed by atoms with Gasteiger partial charge in [-0.2, -0.15) is 13.2 Å². The minimum atomic E-state index is -4.63. The number of alkyl halides is 3. The van der Waals surface area contributed by atoms with Gasteiger partial charge in [-0.1, -0.05) is 19.1 Å². The van der Waals surface area contributed by atoms with Gasteiger partial charge in [0.1, 0.15) is 22.4 Å². The molecule has 5 heterocycles. The molecule has 0 unspecified atom stereocenters. The van der Waals surface area contributed by atoms with Crippen molar-refractivity contribution >= 4 is 33.8 Å². The van der Waals surface area contributed by atoms with E-state index in [0.29, 0.717) is 53.7 Å². The Morgan fingerprint density at radius 2 is 1.86 bits per heavy atom. The standard InChI is InChI=1S/C23H23F3N8O/c1-12(2)22(35)33-7-5-14(6-8-33)34-20-18(31-32-34)11-28-17-4-3-16(30-19(17)20)13-9-15(23(24,25)26)21(27)29-10-13/h3-4,9-12,14H,5-8H2,1-2H3,(H2,27,29). The van der Waals surface area contributed by atoms with E-state index in [2.05, 4.69) is 25.3 Å². The van der Waals surface area contributed by atoms with E-state index in [1.807, 2.05) is 18.7 Å². The summed E-state index contributed by atoms with van der Waals surface area (Å²) >= 11 is 0. The number of rotatable bonds is 3. The summed E-state index contributed by atoms with van der Waals surface area (Å²) in [4.78, 5) is 27.0. The third-order valence-corrected chi connectivity index (χ3v) is 6.28. The maximum atomic E-state index is 13.3. The highest BCUT2D eigenvalue weighted by atomic mass is 19.4. The van der Waals surface area contributed by atoms with E-state index in [1.165, 1.54) is 6.20 Å². The number of pyridine rings is 3. The van der Waals surface area contributed by atoms with Gasteiger partial charge in [-0.05, 0) is 31.0 Å². The zero-order valence-electron chi connectivity index (χ0n) is 19.1. The summed E-state index contributed by atoms with van der Waals surface area (Å²) in [6.07, 6.45) is -0.350. The molecule has 0 aromatic carbocycles. The summed E-state index contributed by atoms with van der Waals surface area (Å²) in [5, 5.41) is 8.58. The minimum Gasteiger partial charge on any atom is -0.383 e. The van der Waals surface area contributed by atoms with Gasteiger partial charge in [0.2, 0.25) is 5.91 Å². The predicted octanol–water partition coefficient (Wildman–Crippen LogP) is 3.86. The Labute approximate surface area is 198 Å². The van der Waals surface area contributed by atoms with Crippen LogP contribution in [0.2, 0.25) is 0 Å². The first kappa shape index (κ1) is 22.9. The fraction of sp³-hybridized carbons (Fsp3) is 0.391. The van der Waals surface area contributed by atoms with Gasteiger partial charge >= 0.3 is 6.18 Å². The molecule has 182 valence electrons. The van der Waals surface area contributed by atoms with Gasteiger partial charge < -0.3 is 10.6 Å². The number of anilines is 1. The van der Waals surface area contributed by atoms with Gasteiger partial charge in [0.25, 0.3) is 0 Å². The number of fused-ring (bicyclic) bond motifs is 3. The normalized spacial score (nSPS) is 15.4. The summed E-state index contributed by atoms with van der Waals surface area (Å²) in [7, 11) is 0. The van der Waals surface area contributed by atoms with Crippen LogP contribution in [-0.4, -0.2) is 53.8 Å². The Hall–Kier alpha value is -3.83. The Bertz CT molecular complexity index is 1420. The third kappa shape index (κ3) is 4.13. The lowest BCUT2D eigenvalue weighted by Gasteiger charge is -2.33. The number of likely N-dealkylation sites (tertiary alicyclic amines) is 1. The largest absolute Gasteiger partial charge is 0.419 e. The Kier molecular flexibility index (Phi) is 5.53. The number of nitrogens with two attached hydrogens (primary N) is 1. The first-order chi connectivity index (χ1) is 16.6. The van der Waals surface area contributed by atoms with Crippen LogP contribution in [0.1, 0.15) is 38.3 Å². The molecule has 1 aliphatic rings. The lowest BCUT2D eigenvalue weighted by molar-refractivity contribution is -0.137. The summed E-state index contributed by atoms with van der Waals surface area (Å²) in [6.45, 7) is 5.00. The van der Waals surface area contributed by atoms with E-state index in [0.717, 1.165) is 6.07 Å². The van der Waals surface area contributed by atoms with Crippen molar-refractivity contribution in [2.45, 2.75) is 38.9 Å². The number of piperidine rings is 1. The van der Waals surface area contributed by atoms with Gasteiger partial charge in [-0.3, -0.25) is 9.78 Å². The van der Waals surface area contributed by atoms with Gasteiger partial charge in [0, 0.05) is 30.8 Å². The number of halogens is 3.